The van der Waals surface area contributed by atoms with E-state index in [2.05, 4.69) is 0 Å². The minimum atomic E-state index is -0.999. The van der Waals surface area contributed by atoms with Crippen molar-refractivity contribution < 1.29 is 15.0 Å². The van der Waals surface area contributed by atoms with E-state index in [9.17, 15) is 15.0 Å². The molecule has 0 saturated carbocycles. The monoisotopic (exact) mass is 299 g/mol. The minimum absolute atomic E-state index is 0.0498. The van der Waals surface area contributed by atoms with Gasteiger partial charge in [-0.15, -0.1) is 0 Å². The zero-order valence-electron chi connectivity index (χ0n) is 12.9. The molecule has 0 radical (unpaired) electrons. The molecule has 2 aromatic carbocycles. The van der Waals surface area contributed by atoms with Gasteiger partial charge in [0.1, 0.15) is 5.75 Å². The Bertz CT molecular complexity index is 632. The average Bonchev–Trinajstić information content (AvgIpc) is 2.45. The third-order valence-electron chi connectivity index (χ3n) is 3.17. The van der Waals surface area contributed by atoms with Gasteiger partial charge in [-0.3, -0.25) is 4.79 Å². The predicted molar refractivity (Wildman–Crippen MR) is 85.6 cm³/mol. The molecule has 22 heavy (non-hydrogen) atoms. The Morgan fingerprint density at radius 1 is 1.09 bits per heavy atom. The van der Waals surface area contributed by atoms with Crippen LogP contribution in [0.4, 0.5) is 0 Å². The molecule has 0 aliphatic rings. The Kier molecular flexibility index (Phi) is 4.83. The molecule has 4 heteroatoms. The Hall–Kier alpha value is -2.33. The second-order valence-electron chi connectivity index (χ2n) is 6.01. The standard InChI is InChI=1S/C18H21NO3/c1-18(2,22)13-19(12-14-7-4-3-5-8-14)17(21)15-9-6-10-16(20)11-15/h3-11,20,22H,12-13H2,1-2H3. The quantitative estimate of drug-likeness (QED) is 0.892. The zero-order chi connectivity index (χ0) is 16.2. The average molecular weight is 299 g/mol. The fourth-order valence-electron chi connectivity index (χ4n) is 2.29. The van der Waals surface area contributed by atoms with Crippen molar-refractivity contribution in [1.82, 2.24) is 4.90 Å². The van der Waals surface area contributed by atoms with Gasteiger partial charge < -0.3 is 15.1 Å². The highest BCUT2D eigenvalue weighted by molar-refractivity contribution is 5.94. The van der Waals surface area contributed by atoms with Crippen LogP contribution in [0.2, 0.25) is 0 Å². The number of phenolic OH excluding ortho intramolecular Hbond substituents is 1. The molecule has 2 rings (SSSR count). The first-order chi connectivity index (χ1) is 10.3. The molecular weight excluding hydrogens is 278 g/mol. The fourth-order valence-corrected chi connectivity index (χ4v) is 2.29. The van der Waals surface area contributed by atoms with E-state index in [1.165, 1.54) is 12.1 Å². The van der Waals surface area contributed by atoms with Crippen LogP contribution in [0.25, 0.3) is 0 Å². The number of benzene rings is 2. The molecule has 0 aliphatic heterocycles. The Labute approximate surface area is 130 Å². The number of nitrogens with zero attached hydrogens (tertiary/aromatic N) is 1. The molecule has 0 bridgehead atoms. The van der Waals surface area contributed by atoms with Gasteiger partial charge in [0, 0.05) is 18.7 Å². The van der Waals surface area contributed by atoms with Gasteiger partial charge in [-0.25, -0.2) is 0 Å². The third kappa shape index (κ3) is 4.60. The first-order valence-electron chi connectivity index (χ1n) is 7.20. The van der Waals surface area contributed by atoms with Gasteiger partial charge >= 0.3 is 0 Å². The molecule has 116 valence electrons. The maximum absolute atomic E-state index is 12.7. The number of aromatic hydroxyl groups is 1. The lowest BCUT2D eigenvalue weighted by Crippen LogP contribution is -2.41. The molecule has 2 aromatic rings. The van der Waals surface area contributed by atoms with Crippen LogP contribution in [0.15, 0.2) is 54.6 Å². The van der Waals surface area contributed by atoms with Crippen molar-refractivity contribution in [2.75, 3.05) is 6.54 Å². The van der Waals surface area contributed by atoms with Crippen LogP contribution >= 0.6 is 0 Å². The molecule has 0 aliphatic carbocycles. The summed E-state index contributed by atoms with van der Waals surface area (Å²) in [7, 11) is 0. The predicted octanol–water partition coefficient (Wildman–Crippen LogP) is 2.81. The van der Waals surface area contributed by atoms with Crippen LogP contribution in [0.1, 0.15) is 29.8 Å². The molecule has 1 amide bonds. The van der Waals surface area contributed by atoms with Gasteiger partial charge in [-0.1, -0.05) is 36.4 Å². The largest absolute Gasteiger partial charge is 0.508 e. The lowest BCUT2D eigenvalue weighted by molar-refractivity contribution is 0.0280. The summed E-state index contributed by atoms with van der Waals surface area (Å²) in [6, 6.07) is 15.9. The fraction of sp³-hybridized carbons (Fsp3) is 0.278. The van der Waals surface area contributed by atoms with Crippen molar-refractivity contribution in [2.24, 2.45) is 0 Å². The third-order valence-corrected chi connectivity index (χ3v) is 3.17. The molecule has 0 atom stereocenters. The maximum atomic E-state index is 12.7. The highest BCUT2D eigenvalue weighted by Crippen LogP contribution is 2.17. The van der Waals surface area contributed by atoms with Gasteiger partial charge in [-0.05, 0) is 37.6 Å². The maximum Gasteiger partial charge on any atom is 0.254 e. The van der Waals surface area contributed by atoms with Gasteiger partial charge in [0.15, 0.2) is 0 Å². The van der Waals surface area contributed by atoms with E-state index in [0.717, 1.165) is 5.56 Å². The zero-order valence-corrected chi connectivity index (χ0v) is 12.9. The van der Waals surface area contributed by atoms with Gasteiger partial charge in [-0.2, -0.15) is 0 Å². The first-order valence-corrected chi connectivity index (χ1v) is 7.20. The van der Waals surface area contributed by atoms with Crippen LogP contribution in [0.3, 0.4) is 0 Å². The molecule has 0 spiro atoms. The van der Waals surface area contributed by atoms with E-state index in [4.69, 9.17) is 0 Å². The summed E-state index contributed by atoms with van der Waals surface area (Å²) in [5.74, 6) is -0.171. The summed E-state index contributed by atoms with van der Waals surface area (Å²) in [4.78, 5) is 14.3. The molecule has 0 fully saturated rings. The number of rotatable bonds is 5. The molecule has 2 N–H and O–H groups in total. The molecule has 0 heterocycles. The molecule has 0 saturated heterocycles. The van der Waals surface area contributed by atoms with Crippen LogP contribution < -0.4 is 0 Å². The van der Waals surface area contributed by atoms with Crippen LogP contribution in [0, 0.1) is 0 Å². The Morgan fingerprint density at radius 2 is 1.77 bits per heavy atom. The van der Waals surface area contributed by atoms with Gasteiger partial charge in [0.25, 0.3) is 5.91 Å². The van der Waals surface area contributed by atoms with E-state index in [-0.39, 0.29) is 18.2 Å². The van der Waals surface area contributed by atoms with Crippen molar-refractivity contribution in [3.05, 3.63) is 65.7 Å². The smallest absolute Gasteiger partial charge is 0.254 e. The SMILES string of the molecule is CC(C)(O)CN(Cc1ccccc1)C(=O)c1cccc(O)c1. The van der Waals surface area contributed by atoms with Crippen molar-refractivity contribution >= 4 is 5.91 Å². The lowest BCUT2D eigenvalue weighted by atomic mass is 10.1. The number of phenols is 1. The molecule has 4 nitrogen and oxygen atoms in total. The van der Waals surface area contributed by atoms with Crippen molar-refractivity contribution in [3.8, 4) is 5.75 Å². The van der Waals surface area contributed by atoms with Crippen molar-refractivity contribution in [3.63, 3.8) is 0 Å². The van der Waals surface area contributed by atoms with Crippen LogP contribution in [-0.4, -0.2) is 33.2 Å². The number of amides is 1. The summed E-state index contributed by atoms with van der Waals surface area (Å²) in [6.07, 6.45) is 0. The molecular formula is C18H21NO3. The van der Waals surface area contributed by atoms with E-state index in [1.54, 1.807) is 30.9 Å². The van der Waals surface area contributed by atoms with Gasteiger partial charge in [0.2, 0.25) is 0 Å². The van der Waals surface area contributed by atoms with Crippen LogP contribution in [-0.2, 0) is 6.54 Å². The Morgan fingerprint density at radius 3 is 2.36 bits per heavy atom. The van der Waals surface area contributed by atoms with E-state index in [0.29, 0.717) is 12.1 Å². The van der Waals surface area contributed by atoms with E-state index < -0.39 is 5.60 Å². The summed E-state index contributed by atoms with van der Waals surface area (Å²) in [6.45, 7) is 3.94. The molecule has 0 aromatic heterocycles. The summed E-state index contributed by atoms with van der Waals surface area (Å²) >= 11 is 0. The number of hydrogen-bond acceptors (Lipinski definition) is 3. The highest BCUT2D eigenvalue weighted by Gasteiger charge is 2.23. The topological polar surface area (TPSA) is 60.8 Å². The Balaban J connectivity index is 2.25. The number of carbonyl (C=O) groups excluding carboxylic acids is 1. The second-order valence-corrected chi connectivity index (χ2v) is 6.01. The van der Waals surface area contributed by atoms with E-state index in [1.807, 2.05) is 30.3 Å². The van der Waals surface area contributed by atoms with Crippen molar-refractivity contribution in [2.45, 2.75) is 26.0 Å². The molecule has 0 unspecified atom stereocenters. The normalized spacial score (nSPS) is 11.2. The number of carbonyl (C=O) groups is 1. The summed E-state index contributed by atoms with van der Waals surface area (Å²) in [5, 5.41) is 19.6. The highest BCUT2D eigenvalue weighted by atomic mass is 16.3. The summed E-state index contributed by atoms with van der Waals surface area (Å²) in [5.41, 5.74) is 0.391. The number of hydrogen-bond donors (Lipinski definition) is 2. The van der Waals surface area contributed by atoms with E-state index >= 15 is 0 Å². The first kappa shape index (κ1) is 16.0. The minimum Gasteiger partial charge on any atom is -0.508 e. The second kappa shape index (κ2) is 6.62. The van der Waals surface area contributed by atoms with Crippen LogP contribution in [0.5, 0.6) is 5.75 Å². The van der Waals surface area contributed by atoms with Crippen molar-refractivity contribution in [1.29, 1.82) is 0 Å². The summed E-state index contributed by atoms with van der Waals surface area (Å²) < 4.78 is 0. The number of aliphatic hydroxyl groups is 1. The lowest BCUT2D eigenvalue weighted by Gasteiger charge is -2.29. The van der Waals surface area contributed by atoms with Gasteiger partial charge in [0.05, 0.1) is 5.60 Å².